The molecule has 0 atom stereocenters. The molecule has 30 heavy (non-hydrogen) atoms. The van der Waals surface area contributed by atoms with Crippen molar-refractivity contribution < 1.29 is 22.7 Å². The van der Waals surface area contributed by atoms with E-state index in [1.807, 2.05) is 6.92 Å². The molecule has 1 aromatic carbocycles. The van der Waals surface area contributed by atoms with Crippen molar-refractivity contribution in [3.63, 3.8) is 0 Å². The monoisotopic (exact) mass is 451 g/mol. The molecule has 3 rings (SSSR count). The molecule has 162 valence electrons. The Morgan fingerprint density at radius 3 is 2.70 bits per heavy atom. The zero-order chi connectivity index (χ0) is 21.7. The SMILES string of the molecule is CCOC(=O)N1CCc2nc(NC(=O)CCCS(=O)(=O)c3ccc(C)cc3)sc2C1. The topological polar surface area (TPSA) is 106 Å². The third-order valence-electron chi connectivity index (χ3n) is 4.70. The van der Waals surface area contributed by atoms with E-state index < -0.39 is 9.84 Å². The lowest BCUT2D eigenvalue weighted by Crippen LogP contribution is -2.35. The summed E-state index contributed by atoms with van der Waals surface area (Å²) in [6.07, 6.45) is 0.570. The van der Waals surface area contributed by atoms with Crippen LogP contribution in [0.5, 0.6) is 0 Å². The van der Waals surface area contributed by atoms with E-state index in [4.69, 9.17) is 4.74 Å². The Kier molecular flexibility index (Phi) is 7.09. The summed E-state index contributed by atoms with van der Waals surface area (Å²) in [5.74, 6) is -0.366. The first kappa shape index (κ1) is 22.2. The molecule has 1 aliphatic rings. The fourth-order valence-electron chi connectivity index (χ4n) is 3.09. The molecule has 1 N–H and O–H groups in total. The van der Waals surface area contributed by atoms with Crippen molar-refractivity contribution in [1.29, 1.82) is 0 Å². The Morgan fingerprint density at radius 2 is 2.00 bits per heavy atom. The van der Waals surface area contributed by atoms with E-state index in [2.05, 4.69) is 10.3 Å². The Balaban J connectivity index is 1.50. The van der Waals surface area contributed by atoms with Crippen LogP contribution in [0, 0.1) is 6.92 Å². The average molecular weight is 452 g/mol. The van der Waals surface area contributed by atoms with E-state index in [9.17, 15) is 18.0 Å². The zero-order valence-corrected chi connectivity index (χ0v) is 18.6. The number of benzene rings is 1. The van der Waals surface area contributed by atoms with Gasteiger partial charge in [0.25, 0.3) is 0 Å². The number of hydrogen-bond acceptors (Lipinski definition) is 7. The van der Waals surface area contributed by atoms with Gasteiger partial charge >= 0.3 is 6.09 Å². The van der Waals surface area contributed by atoms with Gasteiger partial charge in [0, 0.05) is 24.3 Å². The molecule has 0 saturated heterocycles. The number of aromatic nitrogens is 1. The Morgan fingerprint density at radius 1 is 1.27 bits per heavy atom. The van der Waals surface area contributed by atoms with Crippen molar-refractivity contribution in [1.82, 2.24) is 9.88 Å². The Hall–Kier alpha value is -2.46. The smallest absolute Gasteiger partial charge is 0.410 e. The Bertz CT molecular complexity index is 1020. The number of carbonyl (C=O) groups excluding carboxylic acids is 2. The van der Waals surface area contributed by atoms with Gasteiger partial charge in [-0.3, -0.25) is 4.79 Å². The molecule has 1 aromatic heterocycles. The quantitative estimate of drug-likeness (QED) is 0.693. The number of ether oxygens (including phenoxy) is 1. The van der Waals surface area contributed by atoms with Crippen LogP contribution in [0.4, 0.5) is 9.93 Å². The van der Waals surface area contributed by atoms with Crippen molar-refractivity contribution in [2.45, 2.75) is 44.6 Å². The van der Waals surface area contributed by atoms with Crippen LogP contribution in [0.1, 0.15) is 35.9 Å². The van der Waals surface area contributed by atoms with Crippen molar-refractivity contribution in [3.05, 3.63) is 40.4 Å². The molecule has 0 unspecified atom stereocenters. The number of rotatable bonds is 7. The maximum atomic E-state index is 12.4. The number of carbonyl (C=O) groups is 2. The van der Waals surface area contributed by atoms with Crippen LogP contribution >= 0.6 is 11.3 Å². The van der Waals surface area contributed by atoms with Crippen LogP contribution in [0.15, 0.2) is 29.2 Å². The number of nitrogens with one attached hydrogen (secondary N) is 1. The molecule has 0 bridgehead atoms. The van der Waals surface area contributed by atoms with Gasteiger partial charge in [0.15, 0.2) is 15.0 Å². The predicted octanol–water partition coefficient (Wildman–Crippen LogP) is 3.16. The number of hydrogen-bond donors (Lipinski definition) is 1. The Labute approximate surface area is 180 Å². The standard InChI is InChI=1S/C20H25N3O5S2/c1-3-28-20(25)23-11-10-16-17(13-23)29-19(21-16)22-18(24)5-4-12-30(26,27)15-8-6-14(2)7-9-15/h6-9H,3-5,10-13H2,1-2H3,(H,21,22,24). The number of amides is 2. The lowest BCUT2D eigenvalue weighted by molar-refractivity contribution is -0.116. The minimum absolute atomic E-state index is 0.0876. The van der Waals surface area contributed by atoms with Crippen LogP contribution in [0.2, 0.25) is 0 Å². The van der Waals surface area contributed by atoms with Crippen LogP contribution in [-0.2, 0) is 32.3 Å². The molecule has 2 heterocycles. The van der Waals surface area contributed by atoms with E-state index in [1.54, 1.807) is 36.1 Å². The highest BCUT2D eigenvalue weighted by Crippen LogP contribution is 2.28. The van der Waals surface area contributed by atoms with Gasteiger partial charge in [0.05, 0.1) is 29.5 Å². The number of anilines is 1. The summed E-state index contributed by atoms with van der Waals surface area (Å²) in [5.41, 5.74) is 1.86. The van der Waals surface area contributed by atoms with E-state index in [0.29, 0.717) is 31.2 Å². The van der Waals surface area contributed by atoms with E-state index in [1.165, 1.54) is 11.3 Å². The summed E-state index contributed by atoms with van der Waals surface area (Å²) in [7, 11) is -3.41. The van der Waals surface area contributed by atoms with Gasteiger partial charge in [0.1, 0.15) is 0 Å². The summed E-state index contributed by atoms with van der Waals surface area (Å²) >= 11 is 1.33. The molecule has 0 radical (unpaired) electrons. The number of thiazole rings is 1. The van der Waals surface area contributed by atoms with Crippen molar-refractivity contribution >= 4 is 38.3 Å². The summed E-state index contributed by atoms with van der Waals surface area (Å²) in [4.78, 5) is 31.3. The molecule has 8 nitrogen and oxygen atoms in total. The molecular formula is C20H25N3O5S2. The molecule has 0 aliphatic carbocycles. The highest BCUT2D eigenvalue weighted by Gasteiger charge is 2.25. The lowest BCUT2D eigenvalue weighted by atomic mass is 10.2. The molecule has 0 spiro atoms. The first-order valence-corrected chi connectivity index (χ1v) is 12.2. The molecule has 0 fully saturated rings. The lowest BCUT2D eigenvalue weighted by Gasteiger charge is -2.24. The minimum Gasteiger partial charge on any atom is -0.450 e. The normalized spacial score (nSPS) is 13.6. The van der Waals surface area contributed by atoms with Crippen LogP contribution in [-0.4, -0.2) is 49.2 Å². The minimum atomic E-state index is -3.41. The first-order valence-electron chi connectivity index (χ1n) is 9.78. The zero-order valence-electron chi connectivity index (χ0n) is 17.0. The maximum absolute atomic E-state index is 12.4. The van der Waals surface area contributed by atoms with Gasteiger partial charge in [-0.25, -0.2) is 18.2 Å². The molecule has 2 aromatic rings. The van der Waals surface area contributed by atoms with E-state index in [0.717, 1.165) is 16.1 Å². The highest BCUT2D eigenvalue weighted by molar-refractivity contribution is 7.91. The molecule has 2 amide bonds. The summed E-state index contributed by atoms with van der Waals surface area (Å²) in [5, 5.41) is 3.21. The number of fused-ring (bicyclic) bond motifs is 1. The van der Waals surface area contributed by atoms with Gasteiger partial charge in [-0.15, -0.1) is 0 Å². The second-order valence-corrected chi connectivity index (χ2v) is 10.2. The van der Waals surface area contributed by atoms with E-state index in [-0.39, 0.29) is 35.5 Å². The maximum Gasteiger partial charge on any atom is 0.410 e. The molecular weight excluding hydrogens is 426 g/mol. The number of aryl methyl sites for hydroxylation is 1. The first-order chi connectivity index (χ1) is 14.3. The molecule has 0 saturated carbocycles. The fourth-order valence-corrected chi connectivity index (χ4v) is 5.44. The largest absolute Gasteiger partial charge is 0.450 e. The second kappa shape index (κ2) is 9.57. The molecule has 10 heteroatoms. The summed E-state index contributed by atoms with van der Waals surface area (Å²) in [6.45, 7) is 4.92. The fraction of sp³-hybridized carbons (Fsp3) is 0.450. The van der Waals surface area contributed by atoms with Crippen molar-refractivity contribution in [2.24, 2.45) is 0 Å². The van der Waals surface area contributed by atoms with Gasteiger partial charge < -0.3 is 15.0 Å². The second-order valence-electron chi connectivity index (χ2n) is 7.04. The third kappa shape index (κ3) is 5.57. The van der Waals surface area contributed by atoms with Crippen molar-refractivity contribution in [3.8, 4) is 0 Å². The number of nitrogens with zero attached hydrogens (tertiary/aromatic N) is 2. The molecule has 1 aliphatic heterocycles. The van der Waals surface area contributed by atoms with Crippen molar-refractivity contribution in [2.75, 3.05) is 24.2 Å². The average Bonchev–Trinajstić information content (AvgIpc) is 3.09. The van der Waals surface area contributed by atoms with Crippen LogP contribution in [0.3, 0.4) is 0 Å². The van der Waals surface area contributed by atoms with Gasteiger partial charge in [-0.05, 0) is 32.4 Å². The van der Waals surface area contributed by atoms with Crippen LogP contribution in [0.25, 0.3) is 0 Å². The van der Waals surface area contributed by atoms with Gasteiger partial charge in [-0.2, -0.15) is 0 Å². The highest BCUT2D eigenvalue weighted by atomic mass is 32.2. The van der Waals surface area contributed by atoms with Crippen LogP contribution < -0.4 is 5.32 Å². The summed E-state index contributed by atoms with van der Waals surface area (Å²) < 4.78 is 29.8. The summed E-state index contributed by atoms with van der Waals surface area (Å²) in [6, 6.07) is 6.69. The number of sulfone groups is 1. The third-order valence-corrected chi connectivity index (χ3v) is 7.51. The van der Waals surface area contributed by atoms with Gasteiger partial charge in [0.2, 0.25) is 5.91 Å². The predicted molar refractivity (Wildman–Crippen MR) is 114 cm³/mol. The van der Waals surface area contributed by atoms with Gasteiger partial charge in [-0.1, -0.05) is 29.0 Å². The van der Waals surface area contributed by atoms with E-state index >= 15 is 0 Å².